The number of hydrogen-bond donors (Lipinski definition) is 1. The van der Waals surface area contributed by atoms with E-state index in [1.807, 2.05) is 29.1 Å². The van der Waals surface area contributed by atoms with Crippen LogP contribution in [0.2, 0.25) is 0 Å². The van der Waals surface area contributed by atoms with E-state index in [4.69, 9.17) is 0 Å². The monoisotopic (exact) mass is 257 g/mol. The molecule has 0 amide bonds. The fraction of sp³-hybridized carbons (Fsp3) is 0.438. The second-order valence-corrected chi connectivity index (χ2v) is 5.50. The van der Waals surface area contributed by atoms with Gasteiger partial charge in [0.2, 0.25) is 0 Å². The smallest absolute Gasteiger partial charge is 0.0645 e. The van der Waals surface area contributed by atoms with E-state index >= 15 is 0 Å². The number of nitrogens with one attached hydrogen (secondary N) is 1. The van der Waals surface area contributed by atoms with Crippen LogP contribution in [0.1, 0.15) is 32.8 Å². The Balaban J connectivity index is 2.12. The maximum Gasteiger partial charge on any atom is 0.0645 e. The van der Waals surface area contributed by atoms with Gasteiger partial charge < -0.3 is 5.32 Å². The summed E-state index contributed by atoms with van der Waals surface area (Å²) >= 11 is 0. The molecule has 0 aliphatic heterocycles. The summed E-state index contributed by atoms with van der Waals surface area (Å²) in [5, 5.41) is 7.86. The third-order valence-corrected chi connectivity index (χ3v) is 3.56. The van der Waals surface area contributed by atoms with E-state index in [-0.39, 0.29) is 5.41 Å². The lowest BCUT2D eigenvalue weighted by Gasteiger charge is -2.23. The summed E-state index contributed by atoms with van der Waals surface area (Å²) in [6.07, 6.45) is 5.24. The molecule has 1 aromatic carbocycles. The topological polar surface area (TPSA) is 29.9 Å². The van der Waals surface area contributed by atoms with Gasteiger partial charge in [-0.3, -0.25) is 0 Å². The van der Waals surface area contributed by atoms with Gasteiger partial charge in [0.25, 0.3) is 0 Å². The zero-order valence-corrected chi connectivity index (χ0v) is 12.1. The van der Waals surface area contributed by atoms with Crippen LogP contribution in [0.15, 0.2) is 42.7 Å². The summed E-state index contributed by atoms with van der Waals surface area (Å²) in [4.78, 5) is 0. The Bertz CT molecular complexity index is 500. The fourth-order valence-electron chi connectivity index (χ4n) is 2.12. The standard InChI is InChI=1S/C16H23N3/c1-4-17-11-10-16(2,3)14-12-18-19(13-14)15-8-6-5-7-9-15/h5-9,12-13,17H,4,10-11H2,1-3H3. The van der Waals surface area contributed by atoms with Crippen LogP contribution >= 0.6 is 0 Å². The molecule has 0 aliphatic rings. The van der Waals surface area contributed by atoms with Crippen LogP contribution in [0.25, 0.3) is 5.69 Å². The zero-order chi connectivity index (χ0) is 13.7. The summed E-state index contributed by atoms with van der Waals surface area (Å²) in [6, 6.07) is 10.2. The first-order valence-corrected chi connectivity index (χ1v) is 6.95. The van der Waals surface area contributed by atoms with Gasteiger partial charge in [-0.15, -0.1) is 0 Å². The molecule has 0 saturated carbocycles. The van der Waals surface area contributed by atoms with Crippen LogP contribution in [-0.4, -0.2) is 22.9 Å². The molecule has 0 unspecified atom stereocenters. The largest absolute Gasteiger partial charge is 0.317 e. The van der Waals surface area contributed by atoms with Crippen molar-refractivity contribution >= 4 is 0 Å². The first-order chi connectivity index (χ1) is 9.13. The molecule has 19 heavy (non-hydrogen) atoms. The van der Waals surface area contributed by atoms with Crippen molar-refractivity contribution in [2.45, 2.75) is 32.6 Å². The highest BCUT2D eigenvalue weighted by molar-refractivity contribution is 5.32. The third kappa shape index (κ3) is 3.44. The van der Waals surface area contributed by atoms with E-state index in [2.05, 4.69) is 49.5 Å². The van der Waals surface area contributed by atoms with Gasteiger partial charge in [-0.05, 0) is 42.6 Å². The molecule has 0 bridgehead atoms. The average molecular weight is 257 g/mol. The lowest BCUT2D eigenvalue weighted by atomic mass is 9.83. The highest BCUT2D eigenvalue weighted by atomic mass is 15.3. The molecule has 0 aliphatic carbocycles. The minimum Gasteiger partial charge on any atom is -0.317 e. The summed E-state index contributed by atoms with van der Waals surface area (Å²) in [6.45, 7) is 8.76. The van der Waals surface area contributed by atoms with E-state index in [1.54, 1.807) is 0 Å². The van der Waals surface area contributed by atoms with Crippen LogP contribution < -0.4 is 5.32 Å². The summed E-state index contributed by atoms with van der Waals surface area (Å²) in [5.41, 5.74) is 2.54. The van der Waals surface area contributed by atoms with Crippen LogP contribution in [0, 0.1) is 0 Å². The molecule has 0 saturated heterocycles. The average Bonchev–Trinajstić information content (AvgIpc) is 2.90. The Labute approximate surface area is 115 Å². The van der Waals surface area contributed by atoms with Crippen LogP contribution in [0.4, 0.5) is 0 Å². The first-order valence-electron chi connectivity index (χ1n) is 6.95. The molecule has 0 atom stereocenters. The SMILES string of the molecule is CCNCCC(C)(C)c1cnn(-c2ccccc2)c1. The quantitative estimate of drug-likeness (QED) is 0.806. The molecule has 3 nitrogen and oxygen atoms in total. The molecule has 3 heteroatoms. The maximum absolute atomic E-state index is 4.48. The molecule has 0 fully saturated rings. The molecule has 1 aromatic heterocycles. The Morgan fingerprint density at radius 3 is 2.63 bits per heavy atom. The van der Waals surface area contributed by atoms with Crippen molar-refractivity contribution in [3.8, 4) is 5.69 Å². The third-order valence-electron chi connectivity index (χ3n) is 3.56. The lowest BCUT2D eigenvalue weighted by molar-refractivity contribution is 0.461. The molecular weight excluding hydrogens is 234 g/mol. The number of benzene rings is 1. The van der Waals surface area contributed by atoms with Gasteiger partial charge in [-0.2, -0.15) is 5.10 Å². The van der Waals surface area contributed by atoms with Crippen LogP contribution in [-0.2, 0) is 5.41 Å². The van der Waals surface area contributed by atoms with Gasteiger partial charge in [-0.25, -0.2) is 4.68 Å². The molecular formula is C16H23N3. The van der Waals surface area contributed by atoms with E-state index < -0.39 is 0 Å². The first kappa shape index (κ1) is 13.8. The molecule has 2 rings (SSSR count). The maximum atomic E-state index is 4.48. The van der Waals surface area contributed by atoms with Crippen molar-refractivity contribution in [1.29, 1.82) is 0 Å². The van der Waals surface area contributed by atoms with Crippen LogP contribution in [0.5, 0.6) is 0 Å². The van der Waals surface area contributed by atoms with Gasteiger partial charge in [-0.1, -0.05) is 39.0 Å². The number of hydrogen-bond acceptors (Lipinski definition) is 2. The Morgan fingerprint density at radius 2 is 1.95 bits per heavy atom. The van der Waals surface area contributed by atoms with E-state index in [1.165, 1.54) is 5.56 Å². The molecule has 0 radical (unpaired) electrons. The lowest BCUT2D eigenvalue weighted by Crippen LogP contribution is -2.25. The van der Waals surface area contributed by atoms with Gasteiger partial charge >= 0.3 is 0 Å². The summed E-state index contributed by atoms with van der Waals surface area (Å²) in [7, 11) is 0. The Kier molecular flexibility index (Phi) is 4.38. The molecule has 0 spiro atoms. The van der Waals surface area contributed by atoms with Crippen molar-refractivity contribution in [3.63, 3.8) is 0 Å². The zero-order valence-electron chi connectivity index (χ0n) is 12.1. The predicted octanol–water partition coefficient (Wildman–Crippen LogP) is 3.15. The Morgan fingerprint density at radius 1 is 1.21 bits per heavy atom. The summed E-state index contributed by atoms with van der Waals surface area (Å²) in [5.74, 6) is 0. The highest BCUT2D eigenvalue weighted by Gasteiger charge is 2.21. The number of rotatable bonds is 6. The van der Waals surface area contributed by atoms with E-state index in [0.29, 0.717) is 0 Å². The van der Waals surface area contributed by atoms with Crippen molar-refractivity contribution in [3.05, 3.63) is 48.3 Å². The molecule has 1 heterocycles. The highest BCUT2D eigenvalue weighted by Crippen LogP contribution is 2.26. The predicted molar refractivity (Wildman–Crippen MR) is 79.8 cm³/mol. The van der Waals surface area contributed by atoms with E-state index in [9.17, 15) is 0 Å². The molecule has 102 valence electrons. The minimum atomic E-state index is 0.148. The number of aromatic nitrogens is 2. The van der Waals surface area contributed by atoms with E-state index in [0.717, 1.165) is 25.2 Å². The van der Waals surface area contributed by atoms with Crippen molar-refractivity contribution < 1.29 is 0 Å². The fourth-order valence-corrected chi connectivity index (χ4v) is 2.12. The second kappa shape index (κ2) is 6.02. The van der Waals surface area contributed by atoms with Gasteiger partial charge in [0.1, 0.15) is 0 Å². The van der Waals surface area contributed by atoms with Crippen molar-refractivity contribution in [2.24, 2.45) is 0 Å². The molecule has 1 N–H and O–H groups in total. The number of para-hydroxylation sites is 1. The summed E-state index contributed by atoms with van der Waals surface area (Å²) < 4.78 is 1.95. The van der Waals surface area contributed by atoms with Gasteiger partial charge in [0, 0.05) is 6.20 Å². The minimum absolute atomic E-state index is 0.148. The number of nitrogens with zero attached hydrogens (tertiary/aromatic N) is 2. The van der Waals surface area contributed by atoms with Crippen LogP contribution in [0.3, 0.4) is 0 Å². The Hall–Kier alpha value is -1.61. The van der Waals surface area contributed by atoms with Crippen molar-refractivity contribution in [1.82, 2.24) is 15.1 Å². The normalized spacial score (nSPS) is 11.7. The molecule has 2 aromatic rings. The van der Waals surface area contributed by atoms with Crippen molar-refractivity contribution in [2.75, 3.05) is 13.1 Å². The van der Waals surface area contributed by atoms with Gasteiger partial charge in [0.15, 0.2) is 0 Å². The second-order valence-electron chi connectivity index (χ2n) is 5.50. The van der Waals surface area contributed by atoms with Gasteiger partial charge in [0.05, 0.1) is 11.9 Å².